The number of carbonyl (C=O) groups excluding carboxylic acids is 1. The van der Waals surface area contributed by atoms with Gasteiger partial charge in [0.25, 0.3) is 0 Å². The number of nitrogens with zero attached hydrogens (tertiary/aromatic N) is 1. The van der Waals surface area contributed by atoms with Gasteiger partial charge in [0.15, 0.2) is 5.82 Å². The lowest BCUT2D eigenvalue weighted by Crippen LogP contribution is -2.09. The first-order chi connectivity index (χ1) is 9.99. The molecule has 0 aliphatic carbocycles. The van der Waals surface area contributed by atoms with Crippen LogP contribution >= 0.6 is 0 Å². The SMILES string of the molecule is Nc1cnc2[nH]cc(C(=O)c3c(F)ccc(N)c3F)c2c1. The molecule has 0 aliphatic heterocycles. The Morgan fingerprint density at radius 2 is 2.00 bits per heavy atom. The van der Waals surface area contributed by atoms with E-state index >= 15 is 0 Å². The van der Waals surface area contributed by atoms with Gasteiger partial charge in [0.2, 0.25) is 5.78 Å². The van der Waals surface area contributed by atoms with E-state index in [4.69, 9.17) is 11.5 Å². The Kier molecular flexibility index (Phi) is 2.83. The van der Waals surface area contributed by atoms with Crippen molar-refractivity contribution in [3.05, 3.63) is 53.4 Å². The predicted molar refractivity (Wildman–Crippen MR) is 74.7 cm³/mol. The van der Waals surface area contributed by atoms with Crippen LogP contribution in [0.15, 0.2) is 30.6 Å². The quantitative estimate of drug-likeness (QED) is 0.497. The smallest absolute Gasteiger partial charge is 0.201 e. The van der Waals surface area contributed by atoms with Gasteiger partial charge in [-0.15, -0.1) is 0 Å². The number of carbonyl (C=O) groups is 1. The van der Waals surface area contributed by atoms with Gasteiger partial charge in [-0.25, -0.2) is 13.8 Å². The molecule has 2 heterocycles. The molecule has 0 unspecified atom stereocenters. The molecule has 0 amide bonds. The first kappa shape index (κ1) is 13.0. The van der Waals surface area contributed by atoms with Crippen molar-refractivity contribution in [2.24, 2.45) is 0 Å². The third-order valence-corrected chi connectivity index (χ3v) is 3.14. The second kappa shape index (κ2) is 4.55. The number of H-pyrrole nitrogens is 1. The van der Waals surface area contributed by atoms with Gasteiger partial charge in [0.1, 0.15) is 11.5 Å². The maximum absolute atomic E-state index is 13.9. The second-order valence-electron chi connectivity index (χ2n) is 4.52. The molecule has 0 aliphatic rings. The second-order valence-corrected chi connectivity index (χ2v) is 4.52. The zero-order chi connectivity index (χ0) is 15.1. The van der Waals surface area contributed by atoms with E-state index < -0.39 is 23.0 Å². The van der Waals surface area contributed by atoms with Crippen LogP contribution in [-0.2, 0) is 0 Å². The van der Waals surface area contributed by atoms with Crippen molar-refractivity contribution in [2.45, 2.75) is 0 Å². The van der Waals surface area contributed by atoms with Gasteiger partial charge in [-0.3, -0.25) is 4.79 Å². The normalized spacial score (nSPS) is 11.0. The number of benzene rings is 1. The highest BCUT2D eigenvalue weighted by Gasteiger charge is 2.23. The average Bonchev–Trinajstić information content (AvgIpc) is 2.86. The summed E-state index contributed by atoms with van der Waals surface area (Å²) >= 11 is 0. The lowest BCUT2D eigenvalue weighted by Gasteiger charge is -2.05. The molecule has 106 valence electrons. The third-order valence-electron chi connectivity index (χ3n) is 3.14. The van der Waals surface area contributed by atoms with Crippen LogP contribution in [0.2, 0.25) is 0 Å². The van der Waals surface area contributed by atoms with E-state index in [0.717, 1.165) is 12.1 Å². The third kappa shape index (κ3) is 1.99. The number of anilines is 2. The molecule has 0 saturated heterocycles. The van der Waals surface area contributed by atoms with Crippen molar-refractivity contribution in [1.29, 1.82) is 0 Å². The molecule has 0 spiro atoms. The summed E-state index contributed by atoms with van der Waals surface area (Å²) in [7, 11) is 0. The van der Waals surface area contributed by atoms with Crippen LogP contribution in [0, 0.1) is 11.6 Å². The molecule has 0 fully saturated rings. The summed E-state index contributed by atoms with van der Waals surface area (Å²) in [5, 5.41) is 0.390. The molecule has 21 heavy (non-hydrogen) atoms. The summed E-state index contributed by atoms with van der Waals surface area (Å²) < 4.78 is 27.7. The fraction of sp³-hybridized carbons (Fsp3) is 0. The van der Waals surface area contributed by atoms with E-state index in [1.54, 1.807) is 0 Å². The standard InChI is InChI=1S/C14H10F2N4O/c15-9-1-2-10(18)12(16)11(9)13(21)8-5-20-14-7(8)3-6(17)4-19-14/h1-5H,17-18H2,(H,19,20). The first-order valence-electron chi connectivity index (χ1n) is 6.00. The highest BCUT2D eigenvalue weighted by molar-refractivity contribution is 6.16. The van der Waals surface area contributed by atoms with E-state index in [2.05, 4.69) is 9.97 Å². The monoisotopic (exact) mass is 288 g/mol. The number of hydrogen-bond acceptors (Lipinski definition) is 4. The number of nitrogen functional groups attached to an aromatic ring is 2. The Morgan fingerprint density at radius 3 is 2.76 bits per heavy atom. The molecule has 0 saturated carbocycles. The molecule has 0 atom stereocenters. The Balaban J connectivity index is 2.22. The lowest BCUT2D eigenvalue weighted by atomic mass is 10.0. The summed E-state index contributed by atoms with van der Waals surface area (Å²) in [6.07, 6.45) is 2.75. The van der Waals surface area contributed by atoms with Crippen LogP contribution in [0.25, 0.3) is 11.0 Å². The maximum Gasteiger partial charge on any atom is 0.201 e. The molecule has 2 aromatic heterocycles. The molecular weight excluding hydrogens is 278 g/mol. The molecule has 5 nitrogen and oxygen atoms in total. The summed E-state index contributed by atoms with van der Waals surface area (Å²) in [6.45, 7) is 0. The van der Waals surface area contributed by atoms with E-state index in [1.807, 2.05) is 0 Å². The molecule has 7 heteroatoms. The maximum atomic E-state index is 13.9. The topological polar surface area (TPSA) is 97.8 Å². The van der Waals surface area contributed by atoms with Crippen LogP contribution in [-0.4, -0.2) is 15.8 Å². The number of halogens is 2. The molecule has 1 aromatic carbocycles. The van der Waals surface area contributed by atoms with Gasteiger partial charge in [-0.1, -0.05) is 0 Å². The number of ketones is 1. The molecule has 0 bridgehead atoms. The zero-order valence-corrected chi connectivity index (χ0v) is 10.7. The first-order valence-corrected chi connectivity index (χ1v) is 6.00. The number of nitrogens with two attached hydrogens (primary N) is 2. The van der Waals surface area contributed by atoms with Crippen molar-refractivity contribution < 1.29 is 13.6 Å². The minimum absolute atomic E-state index is 0.0770. The summed E-state index contributed by atoms with van der Waals surface area (Å²) in [5.74, 6) is -2.87. The van der Waals surface area contributed by atoms with Gasteiger partial charge in [-0.2, -0.15) is 0 Å². The number of rotatable bonds is 2. The zero-order valence-electron chi connectivity index (χ0n) is 10.7. The number of pyridine rings is 1. The number of aromatic nitrogens is 2. The van der Waals surface area contributed by atoms with Crippen LogP contribution in [0.5, 0.6) is 0 Å². The Labute approximate surface area is 117 Å². The number of nitrogens with one attached hydrogen (secondary N) is 1. The minimum atomic E-state index is -1.08. The molecular formula is C14H10F2N4O. The average molecular weight is 288 g/mol. The largest absolute Gasteiger partial charge is 0.397 e. The number of hydrogen-bond donors (Lipinski definition) is 3. The summed E-state index contributed by atoms with van der Waals surface area (Å²) in [6, 6.07) is 3.53. The fourth-order valence-corrected chi connectivity index (χ4v) is 2.12. The Morgan fingerprint density at radius 1 is 1.24 bits per heavy atom. The van der Waals surface area contributed by atoms with Gasteiger partial charge in [-0.05, 0) is 18.2 Å². The summed E-state index contributed by atoms with van der Waals surface area (Å²) in [5.41, 5.74) is 10.8. The van der Waals surface area contributed by atoms with Crippen LogP contribution in [0.3, 0.4) is 0 Å². The van der Waals surface area contributed by atoms with Gasteiger partial charge < -0.3 is 16.5 Å². The van der Waals surface area contributed by atoms with Gasteiger partial charge >= 0.3 is 0 Å². The minimum Gasteiger partial charge on any atom is -0.397 e. The number of fused-ring (bicyclic) bond motifs is 1. The summed E-state index contributed by atoms with van der Waals surface area (Å²) in [4.78, 5) is 19.2. The van der Waals surface area contributed by atoms with Crippen LogP contribution < -0.4 is 11.5 Å². The molecule has 3 rings (SSSR count). The fourth-order valence-electron chi connectivity index (χ4n) is 2.12. The van der Waals surface area contributed by atoms with Crippen molar-refractivity contribution in [3.63, 3.8) is 0 Å². The van der Waals surface area contributed by atoms with E-state index in [9.17, 15) is 13.6 Å². The highest BCUT2D eigenvalue weighted by atomic mass is 19.1. The molecule has 5 N–H and O–H groups in total. The van der Waals surface area contributed by atoms with E-state index in [0.29, 0.717) is 16.7 Å². The van der Waals surface area contributed by atoms with Crippen molar-refractivity contribution in [2.75, 3.05) is 11.5 Å². The van der Waals surface area contributed by atoms with E-state index in [1.165, 1.54) is 18.5 Å². The molecule has 0 radical (unpaired) electrons. The van der Waals surface area contributed by atoms with Crippen molar-refractivity contribution in [3.8, 4) is 0 Å². The van der Waals surface area contributed by atoms with Crippen LogP contribution in [0.1, 0.15) is 15.9 Å². The van der Waals surface area contributed by atoms with Crippen LogP contribution in [0.4, 0.5) is 20.2 Å². The lowest BCUT2D eigenvalue weighted by molar-refractivity contribution is 0.103. The highest BCUT2D eigenvalue weighted by Crippen LogP contribution is 2.26. The van der Waals surface area contributed by atoms with Gasteiger partial charge in [0, 0.05) is 17.1 Å². The predicted octanol–water partition coefficient (Wildman–Crippen LogP) is 2.24. The Bertz CT molecular complexity index is 873. The molecule has 3 aromatic rings. The van der Waals surface area contributed by atoms with Gasteiger partial charge in [0.05, 0.1) is 23.1 Å². The van der Waals surface area contributed by atoms with Crippen molar-refractivity contribution >= 4 is 28.2 Å². The Hall–Kier alpha value is -2.96. The van der Waals surface area contributed by atoms with E-state index in [-0.39, 0.29) is 11.3 Å². The van der Waals surface area contributed by atoms with Crippen molar-refractivity contribution in [1.82, 2.24) is 9.97 Å². The number of aromatic amines is 1.